The molecule has 0 bridgehead atoms. The van der Waals surface area contributed by atoms with Crippen LogP contribution in [0.25, 0.3) is 0 Å². The van der Waals surface area contributed by atoms with Gasteiger partial charge in [0.05, 0.1) is 4.90 Å². The molecule has 0 radical (unpaired) electrons. The van der Waals surface area contributed by atoms with E-state index in [9.17, 15) is 8.42 Å². The fourth-order valence-electron chi connectivity index (χ4n) is 2.28. The molecule has 1 aromatic rings. The van der Waals surface area contributed by atoms with E-state index in [1.165, 1.54) is 0 Å². The maximum atomic E-state index is 12.4. The summed E-state index contributed by atoms with van der Waals surface area (Å²) in [4.78, 5) is 0.332. The van der Waals surface area contributed by atoms with Crippen LogP contribution in [0.2, 0.25) is 0 Å². The van der Waals surface area contributed by atoms with Gasteiger partial charge in [0.1, 0.15) is 0 Å². The smallest absolute Gasteiger partial charge is 0.241 e. The van der Waals surface area contributed by atoms with E-state index >= 15 is 0 Å². The largest absolute Gasteiger partial charge is 0.385 e. The standard InChI is InChI=1S/C14H25N3O3S/c1-11-9-13(17-15)10-12(2)14(11)21(18,19)16-7-5-4-6-8-20-3/h9-10,16-17H,4-8,15H2,1-3H3. The first-order valence-electron chi connectivity index (χ1n) is 6.99. The molecule has 0 saturated carbocycles. The van der Waals surface area contributed by atoms with Crippen LogP contribution in [0.1, 0.15) is 30.4 Å². The average molecular weight is 315 g/mol. The molecule has 0 atom stereocenters. The lowest BCUT2D eigenvalue weighted by Crippen LogP contribution is -2.26. The first-order chi connectivity index (χ1) is 9.92. The van der Waals surface area contributed by atoms with Crippen molar-refractivity contribution in [3.8, 4) is 0 Å². The molecule has 4 N–H and O–H groups in total. The fourth-order valence-corrected chi connectivity index (χ4v) is 3.81. The van der Waals surface area contributed by atoms with Crippen molar-refractivity contribution >= 4 is 15.7 Å². The van der Waals surface area contributed by atoms with E-state index in [0.29, 0.717) is 34.9 Å². The Labute approximate surface area is 127 Å². The second-order valence-corrected chi connectivity index (χ2v) is 6.74. The molecular formula is C14H25N3O3S. The van der Waals surface area contributed by atoms with Crippen molar-refractivity contribution < 1.29 is 13.2 Å². The summed E-state index contributed by atoms with van der Waals surface area (Å²) >= 11 is 0. The van der Waals surface area contributed by atoms with Gasteiger partial charge in [0, 0.05) is 25.9 Å². The van der Waals surface area contributed by atoms with Crippen LogP contribution in [0, 0.1) is 13.8 Å². The van der Waals surface area contributed by atoms with Crippen molar-refractivity contribution in [3.05, 3.63) is 23.3 Å². The molecule has 0 unspecified atom stereocenters. The van der Waals surface area contributed by atoms with Crippen molar-refractivity contribution in [3.63, 3.8) is 0 Å². The molecule has 0 fully saturated rings. The minimum absolute atomic E-state index is 0.332. The van der Waals surface area contributed by atoms with Gasteiger partial charge >= 0.3 is 0 Å². The number of unbranched alkanes of at least 4 members (excludes halogenated alkanes) is 2. The summed E-state index contributed by atoms with van der Waals surface area (Å²) in [6, 6.07) is 3.44. The highest BCUT2D eigenvalue weighted by molar-refractivity contribution is 7.89. The Kier molecular flexibility index (Phi) is 7.10. The van der Waals surface area contributed by atoms with Crippen LogP contribution >= 0.6 is 0 Å². The Morgan fingerprint density at radius 1 is 1.14 bits per heavy atom. The van der Waals surface area contributed by atoms with E-state index in [4.69, 9.17) is 10.6 Å². The third kappa shape index (κ3) is 5.28. The highest BCUT2D eigenvalue weighted by atomic mass is 32.2. The lowest BCUT2D eigenvalue weighted by molar-refractivity contribution is 0.192. The molecule has 6 nitrogen and oxygen atoms in total. The van der Waals surface area contributed by atoms with Crippen LogP contribution in [0.4, 0.5) is 5.69 Å². The van der Waals surface area contributed by atoms with E-state index < -0.39 is 10.0 Å². The first-order valence-corrected chi connectivity index (χ1v) is 8.47. The molecule has 0 aromatic heterocycles. The molecule has 0 aliphatic carbocycles. The Hall–Kier alpha value is -1.15. The topological polar surface area (TPSA) is 93.4 Å². The second kappa shape index (κ2) is 8.33. The van der Waals surface area contributed by atoms with Gasteiger partial charge in [-0.3, -0.25) is 5.84 Å². The van der Waals surface area contributed by atoms with Gasteiger partial charge in [-0.15, -0.1) is 0 Å². The second-order valence-electron chi connectivity index (χ2n) is 5.03. The highest BCUT2D eigenvalue weighted by Gasteiger charge is 2.19. The van der Waals surface area contributed by atoms with E-state index in [2.05, 4.69) is 10.1 Å². The third-order valence-corrected chi connectivity index (χ3v) is 4.98. The number of methoxy groups -OCH3 is 1. The number of aryl methyl sites for hydroxylation is 2. The van der Waals surface area contributed by atoms with Gasteiger partial charge in [-0.25, -0.2) is 13.1 Å². The van der Waals surface area contributed by atoms with Gasteiger partial charge in [0.25, 0.3) is 0 Å². The summed E-state index contributed by atoms with van der Waals surface area (Å²) in [5.74, 6) is 5.36. The van der Waals surface area contributed by atoms with Gasteiger partial charge in [-0.2, -0.15) is 0 Å². The summed E-state index contributed by atoms with van der Waals surface area (Å²) in [5, 5.41) is 0. The quantitative estimate of drug-likeness (QED) is 0.366. The molecule has 0 aliphatic heterocycles. The third-order valence-electron chi connectivity index (χ3n) is 3.21. The average Bonchev–Trinajstić information content (AvgIpc) is 2.41. The maximum Gasteiger partial charge on any atom is 0.241 e. The van der Waals surface area contributed by atoms with E-state index in [1.54, 1.807) is 33.1 Å². The lowest BCUT2D eigenvalue weighted by atomic mass is 10.1. The predicted molar refractivity (Wildman–Crippen MR) is 84.6 cm³/mol. The van der Waals surface area contributed by atoms with Gasteiger partial charge in [0.2, 0.25) is 10.0 Å². The number of sulfonamides is 1. The maximum absolute atomic E-state index is 12.4. The molecule has 0 amide bonds. The Morgan fingerprint density at radius 2 is 1.76 bits per heavy atom. The zero-order valence-corrected chi connectivity index (χ0v) is 13.7. The van der Waals surface area contributed by atoms with Crippen LogP contribution in [0.15, 0.2) is 17.0 Å². The summed E-state index contributed by atoms with van der Waals surface area (Å²) in [5.41, 5.74) is 4.58. The van der Waals surface area contributed by atoms with Crippen molar-refractivity contribution in [2.24, 2.45) is 5.84 Å². The van der Waals surface area contributed by atoms with E-state index in [0.717, 1.165) is 19.3 Å². The number of nitrogens with two attached hydrogens (primary N) is 1. The predicted octanol–water partition coefficient (Wildman–Crippen LogP) is 1.68. The molecule has 7 heteroatoms. The van der Waals surface area contributed by atoms with Gasteiger partial charge in [0.15, 0.2) is 0 Å². The molecular weight excluding hydrogens is 290 g/mol. The molecule has 0 spiro atoms. The van der Waals surface area contributed by atoms with Gasteiger partial charge in [-0.05, 0) is 56.4 Å². The Balaban J connectivity index is 2.70. The van der Waals surface area contributed by atoms with Crippen molar-refractivity contribution in [2.75, 3.05) is 25.7 Å². The number of benzene rings is 1. The molecule has 120 valence electrons. The summed E-state index contributed by atoms with van der Waals surface area (Å²) in [6.07, 6.45) is 2.67. The van der Waals surface area contributed by atoms with Gasteiger partial charge in [-0.1, -0.05) is 0 Å². The number of ether oxygens (including phenoxy) is 1. The summed E-state index contributed by atoms with van der Waals surface area (Å²) in [7, 11) is -1.83. The van der Waals surface area contributed by atoms with Crippen molar-refractivity contribution in [1.29, 1.82) is 0 Å². The molecule has 1 rings (SSSR count). The van der Waals surface area contributed by atoms with Crippen LogP contribution < -0.4 is 16.0 Å². The Morgan fingerprint density at radius 3 is 2.29 bits per heavy atom. The summed E-state index contributed by atoms with van der Waals surface area (Å²) < 4.78 is 32.4. The number of anilines is 1. The fraction of sp³-hybridized carbons (Fsp3) is 0.571. The minimum atomic E-state index is -3.49. The van der Waals surface area contributed by atoms with E-state index in [1.807, 2.05) is 0 Å². The van der Waals surface area contributed by atoms with Crippen molar-refractivity contribution in [2.45, 2.75) is 38.0 Å². The van der Waals surface area contributed by atoms with Crippen LogP contribution in [-0.4, -0.2) is 28.7 Å². The molecule has 1 aromatic carbocycles. The van der Waals surface area contributed by atoms with Crippen LogP contribution in [-0.2, 0) is 14.8 Å². The monoisotopic (exact) mass is 315 g/mol. The van der Waals surface area contributed by atoms with E-state index in [-0.39, 0.29) is 0 Å². The normalized spacial score (nSPS) is 11.6. The number of hydrogen-bond donors (Lipinski definition) is 3. The Bertz CT molecular complexity index is 536. The molecule has 0 saturated heterocycles. The highest BCUT2D eigenvalue weighted by Crippen LogP contribution is 2.23. The lowest BCUT2D eigenvalue weighted by Gasteiger charge is -2.14. The van der Waals surface area contributed by atoms with Gasteiger partial charge < -0.3 is 10.2 Å². The number of nitrogen functional groups attached to an aromatic ring is 1. The molecule has 0 heterocycles. The zero-order valence-electron chi connectivity index (χ0n) is 12.9. The number of rotatable bonds is 9. The SMILES string of the molecule is COCCCCCNS(=O)(=O)c1c(C)cc(NN)cc1C. The zero-order chi connectivity index (χ0) is 15.9. The molecule has 21 heavy (non-hydrogen) atoms. The number of hydrazine groups is 1. The number of hydrogen-bond acceptors (Lipinski definition) is 5. The van der Waals surface area contributed by atoms with Crippen LogP contribution in [0.3, 0.4) is 0 Å². The van der Waals surface area contributed by atoms with Crippen molar-refractivity contribution in [1.82, 2.24) is 4.72 Å². The first kappa shape index (κ1) is 17.9. The summed E-state index contributed by atoms with van der Waals surface area (Å²) in [6.45, 7) is 4.67. The molecule has 0 aliphatic rings. The minimum Gasteiger partial charge on any atom is -0.385 e. The number of nitrogens with one attached hydrogen (secondary N) is 2. The van der Waals surface area contributed by atoms with Crippen LogP contribution in [0.5, 0.6) is 0 Å².